The highest BCUT2D eigenvalue weighted by atomic mass is 32.2. The number of anilines is 2. The molecule has 0 spiro atoms. The fourth-order valence-corrected chi connectivity index (χ4v) is 1.69. The van der Waals surface area contributed by atoms with E-state index >= 15 is 0 Å². The summed E-state index contributed by atoms with van der Waals surface area (Å²) in [6.07, 6.45) is 0. The van der Waals surface area contributed by atoms with Gasteiger partial charge in [-0.05, 0) is 43.3 Å². The Morgan fingerprint density at radius 3 is 1.53 bits per heavy atom. The van der Waals surface area contributed by atoms with E-state index in [1.165, 1.54) is 12.1 Å². The molecule has 0 aliphatic rings. The zero-order valence-electron chi connectivity index (χ0n) is 10.4. The first-order valence-electron chi connectivity index (χ1n) is 5.44. The Hall–Kier alpha value is -2.05. The average Bonchev–Trinajstić information content (AvgIpc) is 2.33. The molecule has 102 valence electrons. The van der Waals surface area contributed by atoms with Crippen molar-refractivity contribution in [1.29, 1.82) is 0 Å². The number of hydrogen-bond acceptors (Lipinski definition) is 4. The molecule has 19 heavy (non-hydrogen) atoms. The van der Waals surface area contributed by atoms with Crippen molar-refractivity contribution in [3.05, 3.63) is 54.1 Å². The molecule has 2 aromatic carbocycles. The molecule has 5 N–H and O–H groups in total. The van der Waals surface area contributed by atoms with Crippen molar-refractivity contribution in [1.82, 2.24) is 0 Å². The van der Waals surface area contributed by atoms with E-state index in [0.29, 0.717) is 0 Å². The summed E-state index contributed by atoms with van der Waals surface area (Å²) in [5.41, 5.74) is 13.2. The standard InChI is InChI=1S/C7H8O3S.C6H8N2/c1-6-2-4-7(5-3-6)11(8,9)10;7-5-1-2-6(8)4-3-5/h2-5H,1H3,(H,8,9,10);1-4H,7-8H2. The molecule has 2 rings (SSSR count). The number of nitrogens with two attached hydrogens (primary N) is 2. The highest BCUT2D eigenvalue weighted by molar-refractivity contribution is 7.85. The normalized spacial score (nSPS) is 10.4. The SMILES string of the molecule is Cc1ccc(S(=O)(=O)O)cc1.Nc1ccc(N)cc1. The number of rotatable bonds is 1. The summed E-state index contributed by atoms with van der Waals surface area (Å²) < 4.78 is 29.6. The van der Waals surface area contributed by atoms with E-state index < -0.39 is 10.1 Å². The third-order valence-electron chi connectivity index (χ3n) is 2.26. The number of benzene rings is 2. The summed E-state index contributed by atoms with van der Waals surface area (Å²) in [4.78, 5) is -0.0666. The Morgan fingerprint density at radius 1 is 0.842 bits per heavy atom. The van der Waals surface area contributed by atoms with Crippen LogP contribution in [0.15, 0.2) is 53.4 Å². The zero-order valence-corrected chi connectivity index (χ0v) is 11.3. The van der Waals surface area contributed by atoms with E-state index in [-0.39, 0.29) is 4.90 Å². The number of nitrogen functional groups attached to an aromatic ring is 2. The monoisotopic (exact) mass is 280 g/mol. The van der Waals surface area contributed by atoms with Crippen LogP contribution in [0.4, 0.5) is 11.4 Å². The molecule has 0 fully saturated rings. The Kier molecular flexibility index (Phi) is 4.91. The molecule has 0 heterocycles. The van der Waals surface area contributed by atoms with Gasteiger partial charge in [-0.15, -0.1) is 0 Å². The number of aryl methyl sites for hydroxylation is 1. The molecule has 0 aliphatic carbocycles. The summed E-state index contributed by atoms with van der Waals surface area (Å²) in [5.74, 6) is 0. The van der Waals surface area contributed by atoms with Crippen LogP contribution in [0.2, 0.25) is 0 Å². The predicted molar refractivity (Wildman–Crippen MR) is 76.3 cm³/mol. The minimum atomic E-state index is -4.02. The van der Waals surface area contributed by atoms with Gasteiger partial charge in [0.15, 0.2) is 0 Å². The fourth-order valence-electron chi connectivity index (χ4n) is 1.21. The van der Waals surface area contributed by atoms with E-state index in [1.807, 2.05) is 6.92 Å². The van der Waals surface area contributed by atoms with Gasteiger partial charge in [-0.3, -0.25) is 4.55 Å². The largest absolute Gasteiger partial charge is 0.399 e. The van der Waals surface area contributed by atoms with Crippen molar-refractivity contribution in [2.24, 2.45) is 0 Å². The Balaban J connectivity index is 0.000000200. The van der Waals surface area contributed by atoms with Gasteiger partial charge in [0.25, 0.3) is 10.1 Å². The van der Waals surface area contributed by atoms with Crippen molar-refractivity contribution in [2.45, 2.75) is 11.8 Å². The average molecular weight is 280 g/mol. The summed E-state index contributed by atoms with van der Waals surface area (Å²) in [5, 5.41) is 0. The summed E-state index contributed by atoms with van der Waals surface area (Å²) in [6.45, 7) is 1.84. The molecule has 0 saturated carbocycles. The maximum Gasteiger partial charge on any atom is 0.294 e. The van der Waals surface area contributed by atoms with Crippen LogP contribution in [0.5, 0.6) is 0 Å². The van der Waals surface area contributed by atoms with Crippen LogP contribution >= 0.6 is 0 Å². The minimum absolute atomic E-state index is 0.0666. The highest BCUT2D eigenvalue weighted by Gasteiger charge is 2.06. The van der Waals surface area contributed by atoms with Crippen LogP contribution < -0.4 is 11.5 Å². The lowest BCUT2D eigenvalue weighted by atomic mass is 10.2. The lowest BCUT2D eigenvalue weighted by Gasteiger charge is -1.95. The van der Waals surface area contributed by atoms with Crippen LogP contribution in [-0.2, 0) is 10.1 Å². The topological polar surface area (TPSA) is 106 Å². The minimum Gasteiger partial charge on any atom is -0.399 e. The summed E-state index contributed by atoms with van der Waals surface area (Å²) in [6, 6.07) is 13.1. The summed E-state index contributed by atoms with van der Waals surface area (Å²) >= 11 is 0. The molecule has 0 radical (unpaired) electrons. The van der Waals surface area contributed by atoms with Crippen molar-refractivity contribution in [2.75, 3.05) is 11.5 Å². The molecule has 0 bridgehead atoms. The van der Waals surface area contributed by atoms with Crippen molar-refractivity contribution < 1.29 is 13.0 Å². The number of hydrogen-bond donors (Lipinski definition) is 3. The molecule has 6 heteroatoms. The third kappa shape index (κ3) is 5.41. The lowest BCUT2D eigenvalue weighted by Crippen LogP contribution is -1.96. The van der Waals surface area contributed by atoms with Gasteiger partial charge in [0.2, 0.25) is 0 Å². The highest BCUT2D eigenvalue weighted by Crippen LogP contribution is 2.08. The van der Waals surface area contributed by atoms with Gasteiger partial charge in [0.05, 0.1) is 4.90 Å². The van der Waals surface area contributed by atoms with Gasteiger partial charge >= 0.3 is 0 Å². The van der Waals surface area contributed by atoms with E-state index in [0.717, 1.165) is 16.9 Å². The molecular weight excluding hydrogens is 264 g/mol. The van der Waals surface area contributed by atoms with E-state index in [9.17, 15) is 8.42 Å². The molecule has 0 amide bonds. The third-order valence-corrected chi connectivity index (χ3v) is 3.12. The Morgan fingerprint density at radius 2 is 1.21 bits per heavy atom. The molecule has 0 atom stereocenters. The molecule has 5 nitrogen and oxygen atoms in total. The van der Waals surface area contributed by atoms with Crippen LogP contribution in [0.3, 0.4) is 0 Å². The molecule has 2 aromatic rings. The van der Waals surface area contributed by atoms with Gasteiger partial charge in [-0.1, -0.05) is 17.7 Å². The fraction of sp³-hybridized carbons (Fsp3) is 0.0769. The summed E-state index contributed by atoms with van der Waals surface area (Å²) in [7, 11) is -4.02. The predicted octanol–water partition coefficient (Wildman–Crippen LogP) is 2.09. The van der Waals surface area contributed by atoms with Crippen molar-refractivity contribution in [3.8, 4) is 0 Å². The Bertz CT molecular complexity index is 599. The first-order valence-corrected chi connectivity index (χ1v) is 6.88. The van der Waals surface area contributed by atoms with Gasteiger partial charge in [0, 0.05) is 11.4 Å². The maximum atomic E-state index is 10.5. The van der Waals surface area contributed by atoms with Crippen LogP contribution in [-0.4, -0.2) is 13.0 Å². The quantitative estimate of drug-likeness (QED) is 0.548. The van der Waals surface area contributed by atoms with Crippen molar-refractivity contribution >= 4 is 21.5 Å². The van der Waals surface area contributed by atoms with Gasteiger partial charge in [0.1, 0.15) is 0 Å². The lowest BCUT2D eigenvalue weighted by molar-refractivity contribution is 0.483. The maximum absolute atomic E-state index is 10.5. The first kappa shape index (κ1) is 15.0. The molecule has 0 aliphatic heterocycles. The molecular formula is C13H16N2O3S. The van der Waals surface area contributed by atoms with E-state index in [4.69, 9.17) is 16.0 Å². The smallest absolute Gasteiger partial charge is 0.294 e. The first-order chi connectivity index (χ1) is 8.79. The van der Waals surface area contributed by atoms with Crippen molar-refractivity contribution in [3.63, 3.8) is 0 Å². The van der Waals surface area contributed by atoms with Crippen LogP contribution in [0.1, 0.15) is 5.56 Å². The molecule has 0 aromatic heterocycles. The Labute approximate surface area is 112 Å². The van der Waals surface area contributed by atoms with Crippen LogP contribution in [0, 0.1) is 6.92 Å². The van der Waals surface area contributed by atoms with Crippen LogP contribution in [0.25, 0.3) is 0 Å². The second-order valence-corrected chi connectivity index (χ2v) is 5.38. The zero-order chi connectivity index (χ0) is 14.5. The van der Waals surface area contributed by atoms with Gasteiger partial charge in [-0.2, -0.15) is 8.42 Å². The molecule has 0 saturated heterocycles. The molecule has 0 unspecified atom stereocenters. The van der Waals surface area contributed by atoms with Gasteiger partial charge in [-0.25, -0.2) is 0 Å². The second kappa shape index (κ2) is 6.21. The van der Waals surface area contributed by atoms with E-state index in [2.05, 4.69) is 0 Å². The second-order valence-electron chi connectivity index (χ2n) is 3.95. The van der Waals surface area contributed by atoms with E-state index in [1.54, 1.807) is 36.4 Å². The van der Waals surface area contributed by atoms with Gasteiger partial charge < -0.3 is 11.5 Å².